The van der Waals surface area contributed by atoms with Crippen molar-refractivity contribution in [3.63, 3.8) is 0 Å². The van der Waals surface area contributed by atoms with Gasteiger partial charge in [-0.2, -0.15) is 0 Å². The Morgan fingerprint density at radius 1 is 1.29 bits per heavy atom. The van der Waals surface area contributed by atoms with E-state index in [-0.39, 0.29) is 0 Å². The van der Waals surface area contributed by atoms with E-state index in [0.717, 1.165) is 18.8 Å². The summed E-state index contributed by atoms with van der Waals surface area (Å²) in [4.78, 5) is 0. The third kappa shape index (κ3) is 3.01. The Hall–Kier alpha value is -1.02. The monoisotopic (exact) mass is 232 g/mol. The Labute approximate surface area is 105 Å². The van der Waals surface area contributed by atoms with Crippen molar-refractivity contribution in [3.8, 4) is 0 Å². The first-order valence-corrected chi connectivity index (χ1v) is 6.65. The van der Waals surface area contributed by atoms with Gasteiger partial charge < -0.3 is 11.1 Å². The van der Waals surface area contributed by atoms with Crippen molar-refractivity contribution in [3.05, 3.63) is 29.3 Å². The van der Waals surface area contributed by atoms with Crippen LogP contribution in [-0.4, -0.2) is 6.54 Å². The molecular formula is C15H24N2. The van der Waals surface area contributed by atoms with Crippen molar-refractivity contribution >= 4 is 5.69 Å². The number of nitrogens with one attached hydrogen (secondary N) is 1. The third-order valence-corrected chi connectivity index (χ3v) is 4.17. The van der Waals surface area contributed by atoms with E-state index in [1.54, 1.807) is 0 Å². The molecule has 0 aliphatic heterocycles. The maximum atomic E-state index is 5.91. The van der Waals surface area contributed by atoms with Crippen LogP contribution in [0.4, 0.5) is 5.69 Å². The van der Waals surface area contributed by atoms with Gasteiger partial charge in [-0.15, -0.1) is 0 Å². The van der Waals surface area contributed by atoms with E-state index in [1.165, 1.54) is 36.8 Å². The molecular weight excluding hydrogens is 208 g/mol. The van der Waals surface area contributed by atoms with Crippen molar-refractivity contribution in [1.82, 2.24) is 5.32 Å². The highest BCUT2D eigenvalue weighted by molar-refractivity contribution is 5.49. The Balaban J connectivity index is 1.88. The van der Waals surface area contributed by atoms with Crippen LogP contribution in [0.2, 0.25) is 0 Å². The highest BCUT2D eigenvalue weighted by atomic mass is 14.9. The molecule has 0 aromatic heterocycles. The molecule has 0 heterocycles. The zero-order chi connectivity index (χ0) is 12.3. The summed E-state index contributed by atoms with van der Waals surface area (Å²) in [5, 5.41) is 3.60. The fourth-order valence-electron chi connectivity index (χ4n) is 2.80. The van der Waals surface area contributed by atoms with Crippen LogP contribution >= 0.6 is 0 Å². The van der Waals surface area contributed by atoms with E-state index in [9.17, 15) is 0 Å². The first-order chi connectivity index (χ1) is 8.11. The summed E-state index contributed by atoms with van der Waals surface area (Å²) in [7, 11) is 0. The molecule has 94 valence electrons. The molecule has 0 saturated heterocycles. The molecule has 2 nitrogen and oxygen atoms in total. The predicted octanol–water partition coefficient (Wildman–Crippen LogP) is 3.25. The standard InChI is InChI=1S/C15H24N2/c1-12-13(6-5-7-14(12)16)10-17-11-15(2)8-3-4-9-15/h5-7,17H,3-4,8-11,16H2,1-2H3. The third-order valence-electron chi connectivity index (χ3n) is 4.17. The summed E-state index contributed by atoms with van der Waals surface area (Å²) >= 11 is 0. The smallest absolute Gasteiger partial charge is 0.0346 e. The lowest BCUT2D eigenvalue weighted by Gasteiger charge is -2.24. The Bertz CT molecular complexity index is 379. The topological polar surface area (TPSA) is 38.0 Å². The second kappa shape index (κ2) is 5.09. The van der Waals surface area contributed by atoms with Gasteiger partial charge in [-0.1, -0.05) is 31.9 Å². The SMILES string of the molecule is Cc1c(N)cccc1CNCC1(C)CCCC1. The van der Waals surface area contributed by atoms with Gasteiger partial charge in [0.15, 0.2) is 0 Å². The van der Waals surface area contributed by atoms with E-state index in [0.29, 0.717) is 5.41 Å². The van der Waals surface area contributed by atoms with E-state index < -0.39 is 0 Å². The van der Waals surface area contributed by atoms with Crippen LogP contribution in [0, 0.1) is 12.3 Å². The molecule has 0 amide bonds. The normalized spacial score (nSPS) is 18.5. The fourth-order valence-corrected chi connectivity index (χ4v) is 2.80. The Morgan fingerprint density at radius 3 is 2.71 bits per heavy atom. The summed E-state index contributed by atoms with van der Waals surface area (Å²) in [6.45, 7) is 6.57. The van der Waals surface area contributed by atoms with Crippen LogP contribution in [0.5, 0.6) is 0 Å². The molecule has 2 heteroatoms. The number of rotatable bonds is 4. The first kappa shape index (κ1) is 12.4. The molecule has 0 atom stereocenters. The average molecular weight is 232 g/mol. The Morgan fingerprint density at radius 2 is 2.00 bits per heavy atom. The van der Waals surface area contributed by atoms with Gasteiger partial charge in [-0.3, -0.25) is 0 Å². The molecule has 1 saturated carbocycles. The molecule has 0 spiro atoms. The molecule has 1 aliphatic rings. The Kier molecular flexibility index (Phi) is 3.72. The van der Waals surface area contributed by atoms with Crippen LogP contribution in [-0.2, 0) is 6.54 Å². The number of benzene rings is 1. The van der Waals surface area contributed by atoms with Gasteiger partial charge in [0.25, 0.3) is 0 Å². The summed E-state index contributed by atoms with van der Waals surface area (Å²) in [6, 6.07) is 6.17. The van der Waals surface area contributed by atoms with E-state index in [2.05, 4.69) is 25.2 Å². The molecule has 1 fully saturated rings. The number of hydrogen-bond donors (Lipinski definition) is 2. The van der Waals surface area contributed by atoms with Crippen molar-refractivity contribution in [2.45, 2.75) is 46.1 Å². The molecule has 3 N–H and O–H groups in total. The molecule has 1 aromatic carbocycles. The van der Waals surface area contributed by atoms with Gasteiger partial charge in [0.05, 0.1) is 0 Å². The van der Waals surface area contributed by atoms with Crippen LogP contribution in [0.3, 0.4) is 0 Å². The van der Waals surface area contributed by atoms with Crippen LogP contribution in [0.15, 0.2) is 18.2 Å². The molecule has 0 unspecified atom stereocenters. The largest absolute Gasteiger partial charge is 0.399 e. The lowest BCUT2D eigenvalue weighted by Crippen LogP contribution is -2.29. The van der Waals surface area contributed by atoms with Gasteiger partial charge in [-0.25, -0.2) is 0 Å². The predicted molar refractivity (Wildman–Crippen MR) is 73.9 cm³/mol. The first-order valence-electron chi connectivity index (χ1n) is 6.65. The second-order valence-corrected chi connectivity index (χ2v) is 5.75. The van der Waals surface area contributed by atoms with Crippen molar-refractivity contribution in [1.29, 1.82) is 0 Å². The van der Waals surface area contributed by atoms with Crippen LogP contribution in [0.25, 0.3) is 0 Å². The number of anilines is 1. The minimum atomic E-state index is 0.522. The number of nitrogens with two attached hydrogens (primary N) is 1. The molecule has 0 radical (unpaired) electrons. The van der Waals surface area contributed by atoms with Gasteiger partial charge in [0.2, 0.25) is 0 Å². The van der Waals surface area contributed by atoms with Gasteiger partial charge in [0.1, 0.15) is 0 Å². The van der Waals surface area contributed by atoms with Gasteiger partial charge in [-0.05, 0) is 42.4 Å². The zero-order valence-corrected chi connectivity index (χ0v) is 11.1. The maximum absolute atomic E-state index is 5.91. The van der Waals surface area contributed by atoms with Gasteiger partial charge in [0, 0.05) is 18.8 Å². The minimum Gasteiger partial charge on any atom is -0.399 e. The molecule has 1 aromatic rings. The molecule has 2 rings (SSSR count). The quantitative estimate of drug-likeness (QED) is 0.782. The lowest BCUT2D eigenvalue weighted by atomic mass is 9.89. The van der Waals surface area contributed by atoms with Crippen molar-refractivity contribution in [2.75, 3.05) is 12.3 Å². The second-order valence-electron chi connectivity index (χ2n) is 5.75. The highest BCUT2D eigenvalue weighted by Gasteiger charge is 2.27. The minimum absolute atomic E-state index is 0.522. The van der Waals surface area contributed by atoms with Crippen LogP contribution < -0.4 is 11.1 Å². The lowest BCUT2D eigenvalue weighted by molar-refractivity contribution is 0.314. The van der Waals surface area contributed by atoms with Crippen molar-refractivity contribution in [2.24, 2.45) is 5.41 Å². The van der Waals surface area contributed by atoms with E-state index in [1.807, 2.05) is 12.1 Å². The summed E-state index contributed by atoms with van der Waals surface area (Å²) < 4.78 is 0. The van der Waals surface area contributed by atoms with E-state index >= 15 is 0 Å². The summed E-state index contributed by atoms with van der Waals surface area (Å²) in [5.41, 5.74) is 9.88. The molecule has 1 aliphatic carbocycles. The average Bonchev–Trinajstić information content (AvgIpc) is 2.72. The highest BCUT2D eigenvalue weighted by Crippen LogP contribution is 2.36. The molecule has 0 bridgehead atoms. The number of hydrogen-bond acceptors (Lipinski definition) is 2. The zero-order valence-electron chi connectivity index (χ0n) is 11.1. The van der Waals surface area contributed by atoms with E-state index in [4.69, 9.17) is 5.73 Å². The van der Waals surface area contributed by atoms with Gasteiger partial charge >= 0.3 is 0 Å². The van der Waals surface area contributed by atoms with Crippen LogP contribution in [0.1, 0.15) is 43.7 Å². The fraction of sp³-hybridized carbons (Fsp3) is 0.600. The summed E-state index contributed by atoms with van der Waals surface area (Å²) in [5.74, 6) is 0. The number of nitrogen functional groups attached to an aromatic ring is 1. The van der Waals surface area contributed by atoms with Crippen molar-refractivity contribution < 1.29 is 0 Å². The summed E-state index contributed by atoms with van der Waals surface area (Å²) in [6.07, 6.45) is 5.54. The maximum Gasteiger partial charge on any atom is 0.0346 e. The molecule has 17 heavy (non-hydrogen) atoms.